The molecule has 0 saturated heterocycles. The first-order valence-corrected chi connectivity index (χ1v) is 12.1. The number of unbranched alkanes of at least 4 members (excludes halogenated alkanes) is 5. The smallest absolute Gasteiger partial charge is 0.449 e. The van der Waals surface area contributed by atoms with E-state index in [0.717, 1.165) is 41.5 Å². The van der Waals surface area contributed by atoms with Crippen LogP contribution in [0.2, 0.25) is 0 Å². The number of alkyl halides is 3. The predicted molar refractivity (Wildman–Crippen MR) is 134 cm³/mol. The molecular weight excluding hydrogens is 469 g/mol. The van der Waals surface area contributed by atoms with Gasteiger partial charge in [-0.25, -0.2) is 5.43 Å². The molecule has 1 heterocycles. The number of benzene rings is 2. The summed E-state index contributed by atoms with van der Waals surface area (Å²) < 4.78 is 48.3. The molecule has 0 bridgehead atoms. The number of nitrogens with one attached hydrogen (secondary N) is 1. The topological polar surface area (TPSA) is 63.8 Å². The number of amides is 1. The lowest BCUT2D eigenvalue weighted by atomic mass is 10.0. The van der Waals surface area contributed by atoms with Crippen molar-refractivity contribution in [3.63, 3.8) is 0 Å². The molecule has 36 heavy (non-hydrogen) atoms. The van der Waals surface area contributed by atoms with E-state index in [1.54, 1.807) is 6.92 Å². The highest BCUT2D eigenvalue weighted by molar-refractivity contribution is 6.00. The van der Waals surface area contributed by atoms with Crippen LogP contribution in [0, 0.1) is 0 Å². The first kappa shape index (κ1) is 27.0. The van der Waals surface area contributed by atoms with Gasteiger partial charge in [0.05, 0.1) is 12.3 Å². The SMILES string of the molecule is CCCCCCCCOc1ccc(-c2ccc(C(C)=NNC(=O)c3ccc(C(F)(F)F)o3)cc2)cc1. The largest absolute Gasteiger partial charge is 0.494 e. The molecule has 0 saturated carbocycles. The van der Waals surface area contributed by atoms with Gasteiger partial charge < -0.3 is 9.15 Å². The van der Waals surface area contributed by atoms with Crippen LogP contribution in [0.5, 0.6) is 5.75 Å². The molecule has 3 rings (SSSR count). The highest BCUT2D eigenvalue weighted by Gasteiger charge is 2.35. The molecule has 1 amide bonds. The quantitative estimate of drug-likeness (QED) is 0.156. The van der Waals surface area contributed by atoms with Crippen LogP contribution >= 0.6 is 0 Å². The Hall–Kier alpha value is -3.55. The second-order valence-electron chi connectivity index (χ2n) is 8.52. The Kier molecular flexibility index (Phi) is 9.73. The van der Waals surface area contributed by atoms with Gasteiger partial charge in [0.15, 0.2) is 5.76 Å². The summed E-state index contributed by atoms with van der Waals surface area (Å²) in [7, 11) is 0. The van der Waals surface area contributed by atoms with Crippen LogP contribution in [0.25, 0.3) is 11.1 Å². The third-order valence-electron chi connectivity index (χ3n) is 5.69. The summed E-state index contributed by atoms with van der Waals surface area (Å²) in [6.45, 7) is 4.62. The number of ether oxygens (including phenoxy) is 1. The van der Waals surface area contributed by atoms with Crippen molar-refractivity contribution in [2.75, 3.05) is 6.61 Å². The van der Waals surface area contributed by atoms with Crippen molar-refractivity contribution >= 4 is 11.6 Å². The number of hydrogen-bond donors (Lipinski definition) is 1. The van der Waals surface area contributed by atoms with Crippen molar-refractivity contribution in [1.82, 2.24) is 5.43 Å². The standard InChI is InChI=1S/C28H31F3N2O3/c1-3-4-5-6-7-8-19-35-24-15-13-23(14-16-24)22-11-9-21(10-12-22)20(2)32-33-27(34)25-17-18-26(36-25)28(29,30)31/h9-18H,3-8,19H2,1-2H3,(H,33,34). The summed E-state index contributed by atoms with van der Waals surface area (Å²) in [6.07, 6.45) is 2.70. The third kappa shape index (κ3) is 8.00. The van der Waals surface area contributed by atoms with Gasteiger partial charge in [-0.05, 0) is 54.3 Å². The van der Waals surface area contributed by atoms with Crippen LogP contribution in [0.4, 0.5) is 13.2 Å². The Morgan fingerprint density at radius 1 is 0.889 bits per heavy atom. The van der Waals surface area contributed by atoms with Crippen molar-refractivity contribution < 1.29 is 27.1 Å². The van der Waals surface area contributed by atoms with Crippen molar-refractivity contribution in [3.05, 3.63) is 77.7 Å². The second-order valence-corrected chi connectivity index (χ2v) is 8.52. The van der Waals surface area contributed by atoms with Gasteiger partial charge in [-0.3, -0.25) is 4.79 Å². The number of hydrogen-bond acceptors (Lipinski definition) is 4. The average Bonchev–Trinajstić information content (AvgIpc) is 3.38. The molecular formula is C28H31F3N2O3. The highest BCUT2D eigenvalue weighted by Crippen LogP contribution is 2.30. The molecule has 5 nitrogen and oxygen atoms in total. The minimum absolute atomic E-state index is 0.464. The van der Waals surface area contributed by atoms with Gasteiger partial charge in [-0.1, -0.05) is 75.4 Å². The van der Waals surface area contributed by atoms with E-state index in [9.17, 15) is 18.0 Å². The molecule has 192 valence electrons. The van der Waals surface area contributed by atoms with Gasteiger partial charge >= 0.3 is 12.1 Å². The summed E-state index contributed by atoms with van der Waals surface area (Å²) in [5, 5.41) is 3.97. The Bertz CT molecular complexity index is 1130. The zero-order valence-electron chi connectivity index (χ0n) is 20.5. The average molecular weight is 501 g/mol. The summed E-state index contributed by atoms with van der Waals surface area (Å²) >= 11 is 0. The van der Waals surface area contributed by atoms with E-state index < -0.39 is 23.6 Å². The zero-order valence-corrected chi connectivity index (χ0v) is 20.5. The van der Waals surface area contributed by atoms with E-state index >= 15 is 0 Å². The van der Waals surface area contributed by atoms with Gasteiger partial charge in [-0.15, -0.1) is 0 Å². The van der Waals surface area contributed by atoms with Gasteiger partial charge in [0, 0.05) is 0 Å². The van der Waals surface area contributed by atoms with Crippen LogP contribution in [-0.4, -0.2) is 18.2 Å². The van der Waals surface area contributed by atoms with Crippen LogP contribution in [0.1, 0.15) is 74.3 Å². The molecule has 1 N–H and O–H groups in total. The maximum absolute atomic E-state index is 12.6. The Morgan fingerprint density at radius 2 is 1.50 bits per heavy atom. The third-order valence-corrected chi connectivity index (χ3v) is 5.69. The van der Waals surface area contributed by atoms with Gasteiger partial charge in [0.25, 0.3) is 0 Å². The van der Waals surface area contributed by atoms with E-state index in [0.29, 0.717) is 11.8 Å². The minimum atomic E-state index is -4.65. The maximum Gasteiger partial charge on any atom is 0.449 e. The highest BCUT2D eigenvalue weighted by atomic mass is 19.4. The molecule has 0 fully saturated rings. The molecule has 3 aromatic rings. The number of rotatable bonds is 12. The normalized spacial score (nSPS) is 12.0. The maximum atomic E-state index is 12.6. The lowest BCUT2D eigenvalue weighted by molar-refractivity contribution is -0.153. The Morgan fingerprint density at radius 3 is 2.11 bits per heavy atom. The fourth-order valence-corrected chi connectivity index (χ4v) is 3.59. The van der Waals surface area contributed by atoms with Crippen molar-refractivity contribution in [3.8, 4) is 16.9 Å². The summed E-state index contributed by atoms with van der Waals surface area (Å²) in [5.41, 5.74) is 5.52. The molecule has 0 atom stereocenters. The minimum Gasteiger partial charge on any atom is -0.494 e. The molecule has 2 aromatic carbocycles. The monoisotopic (exact) mass is 500 g/mol. The molecule has 0 aliphatic heterocycles. The molecule has 1 aromatic heterocycles. The van der Waals surface area contributed by atoms with Crippen LogP contribution in [-0.2, 0) is 6.18 Å². The first-order chi connectivity index (χ1) is 17.3. The molecule has 0 radical (unpaired) electrons. The fourth-order valence-electron chi connectivity index (χ4n) is 3.59. The predicted octanol–water partition coefficient (Wildman–Crippen LogP) is 7.86. The molecule has 0 aliphatic carbocycles. The number of furan rings is 1. The van der Waals surface area contributed by atoms with E-state index in [2.05, 4.69) is 21.9 Å². The number of carbonyl (C=O) groups excluding carboxylic acids is 1. The van der Waals surface area contributed by atoms with Crippen molar-refractivity contribution in [2.24, 2.45) is 5.10 Å². The summed E-state index contributed by atoms with van der Waals surface area (Å²) in [6, 6.07) is 17.2. The molecule has 0 spiro atoms. The fraction of sp³-hybridized carbons (Fsp3) is 0.357. The summed E-state index contributed by atoms with van der Waals surface area (Å²) in [4.78, 5) is 12.0. The van der Waals surface area contributed by atoms with Crippen molar-refractivity contribution in [1.29, 1.82) is 0 Å². The first-order valence-electron chi connectivity index (χ1n) is 12.1. The second kappa shape index (κ2) is 13.0. The van der Waals surface area contributed by atoms with E-state index in [4.69, 9.17) is 4.74 Å². The Balaban J connectivity index is 1.50. The van der Waals surface area contributed by atoms with Crippen molar-refractivity contribution in [2.45, 2.75) is 58.5 Å². The van der Waals surface area contributed by atoms with E-state index in [-0.39, 0.29) is 0 Å². The van der Waals surface area contributed by atoms with Crippen LogP contribution in [0.3, 0.4) is 0 Å². The lowest BCUT2D eigenvalue weighted by Crippen LogP contribution is -2.18. The Labute approximate surface area is 209 Å². The van der Waals surface area contributed by atoms with Gasteiger partial charge in [-0.2, -0.15) is 18.3 Å². The zero-order chi connectivity index (χ0) is 26.0. The molecule has 8 heteroatoms. The van der Waals surface area contributed by atoms with Gasteiger partial charge in [0.2, 0.25) is 5.76 Å². The number of carbonyl (C=O) groups is 1. The van der Waals surface area contributed by atoms with Crippen LogP contribution in [0.15, 0.2) is 70.2 Å². The lowest BCUT2D eigenvalue weighted by Gasteiger charge is -2.08. The van der Waals surface area contributed by atoms with E-state index in [1.807, 2.05) is 48.5 Å². The number of halogens is 3. The molecule has 0 unspecified atom stereocenters. The number of hydrazone groups is 1. The number of nitrogens with zero attached hydrogens (tertiary/aromatic N) is 1. The van der Waals surface area contributed by atoms with Crippen LogP contribution < -0.4 is 10.2 Å². The van der Waals surface area contributed by atoms with E-state index in [1.165, 1.54) is 32.1 Å². The van der Waals surface area contributed by atoms with Gasteiger partial charge in [0.1, 0.15) is 5.75 Å². The summed E-state index contributed by atoms with van der Waals surface area (Å²) in [5.74, 6) is -1.71. The molecule has 0 aliphatic rings.